The average molecular weight is 280 g/mol. The highest BCUT2D eigenvalue weighted by Gasteiger charge is 2.10. The first-order valence-electron chi connectivity index (χ1n) is 5.35. The van der Waals surface area contributed by atoms with Crippen molar-refractivity contribution in [2.24, 2.45) is 0 Å². The minimum Gasteiger partial charge on any atom is -0.480 e. The molecule has 100 valence electrons. The van der Waals surface area contributed by atoms with Gasteiger partial charge in [-0.05, 0) is 0 Å². The first-order valence-corrected chi connectivity index (χ1v) is 6.34. The molecule has 6 nitrogen and oxygen atoms in total. The Kier molecular flexibility index (Phi) is 5.82. The molecule has 19 heavy (non-hydrogen) atoms. The van der Waals surface area contributed by atoms with Gasteiger partial charge in [0.2, 0.25) is 5.88 Å². The van der Waals surface area contributed by atoms with Gasteiger partial charge in [-0.2, -0.15) is 0 Å². The van der Waals surface area contributed by atoms with Gasteiger partial charge in [-0.15, -0.1) is 0 Å². The summed E-state index contributed by atoms with van der Waals surface area (Å²) in [6, 6.07) is 1.32. The molecule has 1 aromatic heterocycles. The maximum atomic E-state index is 10.7. The van der Waals surface area contributed by atoms with Gasteiger partial charge < -0.3 is 4.74 Å². The van der Waals surface area contributed by atoms with Crippen LogP contribution < -0.4 is 4.74 Å². The molecule has 0 fully saturated rings. The van der Waals surface area contributed by atoms with Crippen LogP contribution in [0.5, 0.6) is 5.88 Å². The van der Waals surface area contributed by atoms with Gasteiger partial charge in [-0.25, -0.2) is 4.98 Å². The normalized spacial score (nSPS) is 9.37. The Morgan fingerprint density at radius 3 is 2.95 bits per heavy atom. The van der Waals surface area contributed by atoms with Crippen molar-refractivity contribution >= 4 is 22.6 Å². The number of rotatable bonds is 4. The van der Waals surface area contributed by atoms with Gasteiger partial charge in [0.05, 0.1) is 17.6 Å². The largest absolute Gasteiger partial charge is 0.480 e. The van der Waals surface area contributed by atoms with Gasteiger partial charge in [-0.3, -0.25) is 14.9 Å². The fourth-order valence-corrected chi connectivity index (χ4v) is 1.69. The van der Waals surface area contributed by atoms with Crippen LogP contribution in [0.25, 0.3) is 0 Å². The molecule has 1 aromatic rings. The number of aromatic nitrogens is 1. The molecular formula is C12H12N2O4S. The molecule has 0 amide bonds. The molecule has 0 atom stereocenters. The number of ether oxygens (including phenoxy) is 1. The molecule has 0 aliphatic carbocycles. The third-order valence-corrected chi connectivity index (χ3v) is 2.81. The SMILES string of the molecule is COc1ncc([N+](=O)[O-])cc1C#CCCSC(C)=O. The summed E-state index contributed by atoms with van der Waals surface area (Å²) in [5.41, 5.74) is 0.229. The van der Waals surface area contributed by atoms with Crippen molar-refractivity contribution in [2.45, 2.75) is 13.3 Å². The van der Waals surface area contributed by atoms with E-state index < -0.39 is 4.92 Å². The van der Waals surface area contributed by atoms with Gasteiger partial charge in [0.25, 0.3) is 5.69 Å². The molecule has 0 aliphatic heterocycles. The highest BCUT2D eigenvalue weighted by Crippen LogP contribution is 2.19. The van der Waals surface area contributed by atoms with E-state index in [1.165, 1.54) is 31.9 Å². The molecule has 0 radical (unpaired) electrons. The van der Waals surface area contributed by atoms with Crippen LogP contribution in [-0.4, -0.2) is 27.9 Å². The van der Waals surface area contributed by atoms with E-state index in [4.69, 9.17) is 4.74 Å². The molecule has 0 aromatic carbocycles. The molecule has 0 aliphatic rings. The molecular weight excluding hydrogens is 268 g/mol. The van der Waals surface area contributed by atoms with Gasteiger partial charge in [-0.1, -0.05) is 23.6 Å². The van der Waals surface area contributed by atoms with Crippen molar-refractivity contribution in [3.8, 4) is 17.7 Å². The van der Waals surface area contributed by atoms with Crippen LogP contribution in [0.3, 0.4) is 0 Å². The van der Waals surface area contributed by atoms with E-state index in [0.717, 1.165) is 6.20 Å². The van der Waals surface area contributed by atoms with Crippen LogP contribution in [0.2, 0.25) is 0 Å². The van der Waals surface area contributed by atoms with E-state index in [1.807, 2.05) is 0 Å². The first-order chi connectivity index (χ1) is 9.04. The Labute approximate surface area is 114 Å². The Balaban J connectivity index is 2.80. The monoisotopic (exact) mass is 280 g/mol. The summed E-state index contributed by atoms with van der Waals surface area (Å²) in [6.45, 7) is 1.49. The third kappa shape index (κ3) is 4.97. The van der Waals surface area contributed by atoms with Crippen molar-refractivity contribution in [1.29, 1.82) is 0 Å². The fraction of sp³-hybridized carbons (Fsp3) is 0.333. The maximum absolute atomic E-state index is 10.7. The van der Waals surface area contributed by atoms with Crippen molar-refractivity contribution < 1.29 is 14.5 Å². The minimum absolute atomic E-state index is 0.0383. The van der Waals surface area contributed by atoms with Crippen LogP contribution in [0.1, 0.15) is 18.9 Å². The van der Waals surface area contributed by atoms with Crippen LogP contribution in [-0.2, 0) is 4.79 Å². The number of methoxy groups -OCH3 is 1. The lowest BCUT2D eigenvalue weighted by Crippen LogP contribution is -1.95. The number of nitrogens with zero attached hydrogens (tertiary/aromatic N) is 2. The summed E-state index contributed by atoms with van der Waals surface area (Å²) >= 11 is 1.19. The summed E-state index contributed by atoms with van der Waals surface area (Å²) in [4.78, 5) is 24.6. The summed E-state index contributed by atoms with van der Waals surface area (Å²) < 4.78 is 4.98. The second kappa shape index (κ2) is 7.38. The number of nitro groups is 1. The van der Waals surface area contributed by atoms with E-state index in [-0.39, 0.29) is 16.7 Å². The lowest BCUT2D eigenvalue weighted by atomic mass is 10.2. The smallest absolute Gasteiger partial charge is 0.289 e. The summed E-state index contributed by atoms with van der Waals surface area (Å²) in [6.07, 6.45) is 1.63. The number of pyridine rings is 1. The Morgan fingerprint density at radius 2 is 2.37 bits per heavy atom. The Bertz CT molecular complexity index is 548. The van der Waals surface area contributed by atoms with Crippen molar-refractivity contribution in [2.75, 3.05) is 12.9 Å². The maximum Gasteiger partial charge on any atom is 0.289 e. The summed E-state index contributed by atoms with van der Waals surface area (Å²) in [5.74, 6) is 6.44. The van der Waals surface area contributed by atoms with Gasteiger partial charge in [0, 0.05) is 25.2 Å². The molecule has 0 saturated carbocycles. The van der Waals surface area contributed by atoms with Crippen molar-refractivity contribution in [3.05, 3.63) is 27.9 Å². The van der Waals surface area contributed by atoms with E-state index in [0.29, 0.717) is 17.7 Å². The molecule has 7 heteroatoms. The topological polar surface area (TPSA) is 82.3 Å². The Morgan fingerprint density at radius 1 is 1.63 bits per heavy atom. The Hall–Kier alpha value is -2.07. The van der Waals surface area contributed by atoms with Crippen LogP contribution in [0, 0.1) is 22.0 Å². The van der Waals surface area contributed by atoms with Crippen molar-refractivity contribution in [3.63, 3.8) is 0 Å². The number of carbonyl (C=O) groups is 1. The number of thioether (sulfide) groups is 1. The first kappa shape index (κ1) is 15.0. The third-order valence-electron chi connectivity index (χ3n) is 2.00. The number of hydrogen-bond acceptors (Lipinski definition) is 6. The van der Waals surface area contributed by atoms with Gasteiger partial charge in [0.15, 0.2) is 5.12 Å². The predicted octanol–water partition coefficient (Wildman–Crippen LogP) is 2.02. The molecule has 0 spiro atoms. The zero-order valence-electron chi connectivity index (χ0n) is 10.5. The number of carbonyl (C=O) groups excluding carboxylic acids is 1. The van der Waals surface area contributed by atoms with E-state index in [1.54, 1.807) is 0 Å². The van der Waals surface area contributed by atoms with Gasteiger partial charge >= 0.3 is 0 Å². The quantitative estimate of drug-likeness (QED) is 0.363. The standard InChI is InChI=1S/C12H12N2O4S/c1-9(15)19-6-4-3-5-10-7-11(14(16)17)8-13-12(10)18-2/h7-8H,4,6H2,1-2H3. The molecule has 1 heterocycles. The zero-order valence-corrected chi connectivity index (χ0v) is 11.3. The molecule has 0 saturated heterocycles. The number of hydrogen-bond donors (Lipinski definition) is 0. The second-order valence-corrected chi connectivity index (χ2v) is 4.67. The van der Waals surface area contributed by atoms with Crippen LogP contribution in [0.4, 0.5) is 5.69 Å². The molecule has 0 bridgehead atoms. The molecule has 1 rings (SSSR count). The zero-order chi connectivity index (χ0) is 14.3. The van der Waals surface area contributed by atoms with Crippen LogP contribution in [0.15, 0.2) is 12.3 Å². The predicted molar refractivity (Wildman–Crippen MR) is 72.1 cm³/mol. The van der Waals surface area contributed by atoms with E-state index >= 15 is 0 Å². The molecule has 0 unspecified atom stereocenters. The molecule has 0 N–H and O–H groups in total. The lowest BCUT2D eigenvalue weighted by Gasteiger charge is -2.00. The summed E-state index contributed by atoms with van der Waals surface area (Å²) in [7, 11) is 1.42. The van der Waals surface area contributed by atoms with E-state index in [9.17, 15) is 14.9 Å². The van der Waals surface area contributed by atoms with Crippen LogP contribution >= 0.6 is 11.8 Å². The van der Waals surface area contributed by atoms with Gasteiger partial charge in [0.1, 0.15) is 6.20 Å². The fourth-order valence-electron chi connectivity index (χ4n) is 1.20. The van der Waals surface area contributed by atoms with E-state index in [2.05, 4.69) is 16.8 Å². The summed E-state index contributed by atoms with van der Waals surface area (Å²) in [5, 5.41) is 10.7. The van der Waals surface area contributed by atoms with Crippen molar-refractivity contribution in [1.82, 2.24) is 4.98 Å². The lowest BCUT2D eigenvalue weighted by molar-refractivity contribution is -0.385. The minimum atomic E-state index is -0.538. The average Bonchev–Trinajstić information content (AvgIpc) is 2.37. The highest BCUT2D eigenvalue weighted by atomic mass is 32.2. The second-order valence-electron chi connectivity index (χ2n) is 3.40. The highest BCUT2D eigenvalue weighted by molar-refractivity contribution is 8.13.